The van der Waals surface area contributed by atoms with Gasteiger partial charge in [0, 0.05) is 19.3 Å². The summed E-state index contributed by atoms with van der Waals surface area (Å²) in [5.41, 5.74) is 0. The van der Waals surface area contributed by atoms with Crippen LogP contribution >= 0.6 is 0 Å². The van der Waals surface area contributed by atoms with Gasteiger partial charge in [-0.1, -0.05) is 318 Å². The molecule has 0 aliphatic rings. The van der Waals surface area contributed by atoms with Crippen molar-refractivity contribution in [2.24, 2.45) is 0 Å². The lowest BCUT2D eigenvalue weighted by atomic mass is 10.0. The minimum Gasteiger partial charge on any atom is -0.462 e. The van der Waals surface area contributed by atoms with E-state index < -0.39 is 6.10 Å². The molecule has 82 heavy (non-hydrogen) atoms. The van der Waals surface area contributed by atoms with Crippen molar-refractivity contribution >= 4 is 17.9 Å². The topological polar surface area (TPSA) is 78.9 Å². The van der Waals surface area contributed by atoms with Gasteiger partial charge < -0.3 is 14.2 Å². The van der Waals surface area contributed by atoms with Crippen LogP contribution in [0.15, 0.2) is 72.9 Å². The Morgan fingerprint density at radius 2 is 0.476 bits per heavy atom. The third-order valence-corrected chi connectivity index (χ3v) is 15.9. The summed E-state index contributed by atoms with van der Waals surface area (Å²) in [6.07, 6.45) is 92.1. The number of allylic oxidation sites excluding steroid dienone is 12. The van der Waals surface area contributed by atoms with Crippen LogP contribution in [0.5, 0.6) is 0 Å². The molecule has 0 aliphatic carbocycles. The van der Waals surface area contributed by atoms with Gasteiger partial charge in [-0.3, -0.25) is 14.4 Å². The highest BCUT2D eigenvalue weighted by Crippen LogP contribution is 2.18. The normalized spacial score (nSPS) is 12.5. The molecule has 0 aliphatic heterocycles. The molecule has 6 heteroatoms. The van der Waals surface area contributed by atoms with Gasteiger partial charge >= 0.3 is 17.9 Å². The van der Waals surface area contributed by atoms with E-state index in [9.17, 15) is 14.4 Å². The van der Waals surface area contributed by atoms with Crippen LogP contribution in [0.1, 0.15) is 374 Å². The molecule has 0 saturated heterocycles. The molecule has 0 heterocycles. The zero-order valence-electron chi connectivity index (χ0n) is 54.8. The first-order valence-electron chi connectivity index (χ1n) is 35.9. The Kier molecular flexibility index (Phi) is 67.6. The molecule has 476 valence electrons. The van der Waals surface area contributed by atoms with E-state index >= 15 is 0 Å². The molecule has 0 aromatic carbocycles. The monoisotopic (exact) mass is 1150 g/mol. The van der Waals surface area contributed by atoms with E-state index in [0.717, 1.165) is 89.9 Å². The Labute approximate surface area is 510 Å². The van der Waals surface area contributed by atoms with E-state index in [4.69, 9.17) is 14.2 Å². The van der Waals surface area contributed by atoms with Gasteiger partial charge in [0.2, 0.25) is 0 Å². The number of unbranched alkanes of at least 4 members (excludes halogenated alkanes) is 43. The lowest BCUT2D eigenvalue weighted by Crippen LogP contribution is -2.30. The zero-order chi connectivity index (χ0) is 59.2. The summed E-state index contributed by atoms with van der Waals surface area (Å²) in [5, 5.41) is 0. The van der Waals surface area contributed by atoms with Crippen LogP contribution in [0, 0.1) is 0 Å². The van der Waals surface area contributed by atoms with E-state index in [1.54, 1.807) is 0 Å². The quantitative estimate of drug-likeness (QED) is 0.0261. The van der Waals surface area contributed by atoms with Crippen LogP contribution in [0.2, 0.25) is 0 Å². The molecule has 1 atom stereocenters. The molecule has 0 amide bonds. The summed E-state index contributed by atoms with van der Waals surface area (Å²) in [6.45, 7) is 6.57. The van der Waals surface area contributed by atoms with Gasteiger partial charge in [0.1, 0.15) is 13.2 Å². The SMILES string of the molecule is CC/C=C\C/C=C\C/C=C\C/C=C\CCCCCCCCCCCCCCCCCCC(=O)OCC(COC(=O)CCCCCCC/C=C\CCCCCCCCC)OC(=O)CCCCCCCCCCC/C=C\CCCCCCCC. The van der Waals surface area contributed by atoms with Crippen molar-refractivity contribution in [1.29, 1.82) is 0 Å². The summed E-state index contributed by atoms with van der Waals surface area (Å²) in [6, 6.07) is 0. The Morgan fingerprint density at radius 1 is 0.256 bits per heavy atom. The second-order valence-corrected chi connectivity index (χ2v) is 24.1. The van der Waals surface area contributed by atoms with Crippen molar-refractivity contribution in [1.82, 2.24) is 0 Å². The van der Waals surface area contributed by atoms with E-state index in [2.05, 4.69) is 93.7 Å². The summed E-state index contributed by atoms with van der Waals surface area (Å²) >= 11 is 0. The number of hydrogen-bond acceptors (Lipinski definition) is 6. The third kappa shape index (κ3) is 67.6. The molecule has 0 N–H and O–H groups in total. The van der Waals surface area contributed by atoms with Crippen molar-refractivity contribution in [3.63, 3.8) is 0 Å². The van der Waals surface area contributed by atoms with Crippen LogP contribution in [-0.4, -0.2) is 37.2 Å². The minimum absolute atomic E-state index is 0.0748. The fourth-order valence-electron chi connectivity index (χ4n) is 10.5. The molecule has 6 nitrogen and oxygen atoms in total. The Morgan fingerprint density at radius 3 is 0.756 bits per heavy atom. The number of hydrogen-bond donors (Lipinski definition) is 0. The van der Waals surface area contributed by atoms with E-state index in [1.165, 1.54) is 244 Å². The van der Waals surface area contributed by atoms with E-state index in [1.807, 2.05) is 0 Å². The summed E-state index contributed by atoms with van der Waals surface area (Å²) in [4.78, 5) is 38.5. The molecular weight excluding hydrogens is 1010 g/mol. The number of carbonyl (C=O) groups is 3. The van der Waals surface area contributed by atoms with Crippen LogP contribution in [0.25, 0.3) is 0 Å². The fraction of sp³-hybridized carbons (Fsp3) is 0.803. The molecule has 0 fully saturated rings. The van der Waals surface area contributed by atoms with Crippen molar-refractivity contribution in [2.75, 3.05) is 13.2 Å². The van der Waals surface area contributed by atoms with Crippen LogP contribution < -0.4 is 0 Å². The van der Waals surface area contributed by atoms with Crippen molar-refractivity contribution in [3.8, 4) is 0 Å². The highest BCUT2D eigenvalue weighted by atomic mass is 16.6. The summed E-state index contributed by atoms with van der Waals surface area (Å²) < 4.78 is 17.0. The second-order valence-electron chi connectivity index (χ2n) is 24.1. The zero-order valence-corrected chi connectivity index (χ0v) is 54.8. The van der Waals surface area contributed by atoms with Crippen LogP contribution in [-0.2, 0) is 28.6 Å². The van der Waals surface area contributed by atoms with Gasteiger partial charge in [-0.2, -0.15) is 0 Å². The molecule has 0 spiro atoms. The van der Waals surface area contributed by atoms with Gasteiger partial charge in [0.15, 0.2) is 6.10 Å². The average molecular weight is 1150 g/mol. The lowest BCUT2D eigenvalue weighted by Gasteiger charge is -2.18. The molecule has 0 bridgehead atoms. The van der Waals surface area contributed by atoms with E-state index in [0.29, 0.717) is 19.3 Å². The van der Waals surface area contributed by atoms with Gasteiger partial charge in [-0.15, -0.1) is 0 Å². The molecule has 0 saturated carbocycles. The largest absolute Gasteiger partial charge is 0.462 e. The smallest absolute Gasteiger partial charge is 0.306 e. The predicted octanol–water partition coefficient (Wildman–Crippen LogP) is 24.8. The van der Waals surface area contributed by atoms with Crippen LogP contribution in [0.4, 0.5) is 0 Å². The van der Waals surface area contributed by atoms with E-state index in [-0.39, 0.29) is 31.1 Å². The third-order valence-electron chi connectivity index (χ3n) is 15.9. The first-order valence-corrected chi connectivity index (χ1v) is 35.9. The van der Waals surface area contributed by atoms with Crippen LogP contribution in [0.3, 0.4) is 0 Å². The Balaban J connectivity index is 4.26. The predicted molar refractivity (Wildman–Crippen MR) is 358 cm³/mol. The highest BCUT2D eigenvalue weighted by Gasteiger charge is 2.19. The number of rotatable bonds is 66. The first-order chi connectivity index (χ1) is 40.5. The lowest BCUT2D eigenvalue weighted by molar-refractivity contribution is -0.167. The molecule has 1 unspecified atom stereocenters. The number of carbonyl (C=O) groups excluding carboxylic acids is 3. The van der Waals surface area contributed by atoms with Gasteiger partial charge in [0.05, 0.1) is 0 Å². The van der Waals surface area contributed by atoms with Crippen molar-refractivity contribution < 1.29 is 28.6 Å². The average Bonchev–Trinajstić information content (AvgIpc) is 3.47. The molecule has 0 aromatic heterocycles. The van der Waals surface area contributed by atoms with Gasteiger partial charge in [-0.05, 0) is 109 Å². The van der Waals surface area contributed by atoms with Gasteiger partial charge in [-0.25, -0.2) is 0 Å². The summed E-state index contributed by atoms with van der Waals surface area (Å²) in [7, 11) is 0. The van der Waals surface area contributed by atoms with Gasteiger partial charge in [0.25, 0.3) is 0 Å². The maximum absolute atomic E-state index is 13.0. The number of ether oxygens (including phenoxy) is 3. The molecule has 0 radical (unpaired) electrons. The fourth-order valence-corrected chi connectivity index (χ4v) is 10.5. The van der Waals surface area contributed by atoms with Crippen molar-refractivity contribution in [3.05, 3.63) is 72.9 Å². The highest BCUT2D eigenvalue weighted by molar-refractivity contribution is 5.71. The molecule has 0 aromatic rings. The molecule has 0 rings (SSSR count). The summed E-state index contributed by atoms with van der Waals surface area (Å²) in [5.74, 6) is -0.862. The Hall–Kier alpha value is -3.15. The maximum atomic E-state index is 13.0. The number of esters is 3. The molecular formula is C76H136O6. The Bertz CT molecular complexity index is 1500. The second kappa shape index (κ2) is 70.3. The minimum atomic E-state index is -0.780. The maximum Gasteiger partial charge on any atom is 0.306 e. The van der Waals surface area contributed by atoms with Crippen molar-refractivity contribution in [2.45, 2.75) is 380 Å². The standard InChI is InChI=1S/C76H136O6/c1-4-7-10-13-16-19-22-25-28-31-33-34-35-36-37-38-39-40-41-42-44-45-48-51-54-57-60-63-66-69-75(78)81-72-73(71-80-74(77)68-65-62-59-56-53-50-47-30-27-24-21-18-15-12-9-6-3)82-76(79)70-67-64-61-58-55-52-49-46-43-32-29-26-23-20-17-14-11-8-5-2/h7,10,16,19,25-26,28-30,33-34,47,73H,4-6,8-9,11-15,17-18,20-24,27,31-32,35-46,48-72H2,1-3H3/b10-7-,19-16-,28-25-,29-26-,34-33-,47-30-. The first kappa shape index (κ1) is 78.8.